The zero-order valence-electron chi connectivity index (χ0n) is 21.6. The first-order valence-electron chi connectivity index (χ1n) is 12.6. The molecule has 1 fully saturated rings. The van der Waals surface area contributed by atoms with E-state index in [1.807, 2.05) is 32.9 Å². The number of aryl methyl sites for hydroxylation is 1. The molecule has 1 aromatic carbocycles. The molecule has 3 rings (SSSR count). The normalized spacial score (nSPS) is 15.9. The van der Waals surface area contributed by atoms with E-state index in [0.29, 0.717) is 42.1 Å². The van der Waals surface area contributed by atoms with Gasteiger partial charge in [0.25, 0.3) is 5.56 Å². The molecule has 5 nitrogen and oxygen atoms in total. The predicted molar refractivity (Wildman–Crippen MR) is 144 cm³/mol. The molecule has 1 atom stereocenters. The number of pyridine rings is 1. The monoisotopic (exact) mass is 520 g/mol. The summed E-state index contributed by atoms with van der Waals surface area (Å²) in [6.07, 6.45) is 7.04. The fourth-order valence-corrected chi connectivity index (χ4v) is 5.31. The van der Waals surface area contributed by atoms with E-state index in [4.69, 9.17) is 27.9 Å². The Kier molecular flexibility index (Phi) is 9.47. The number of ether oxygens (including phenoxy) is 1. The van der Waals surface area contributed by atoms with Gasteiger partial charge in [-0.25, -0.2) is 4.79 Å². The standard InChI is InChI=1S/C28H38Cl2N2O3/c1-19(21-9-7-6-8-10-21)31(5)18-25-23(29)17-24(30)26(33)32(25)16-15-20-11-13-22(14-12-20)27(34)35-28(2,3)4/h11-14,17,19,21H,6-10,15-16,18H2,1-5H3/t19-/m0/s1. The van der Waals surface area contributed by atoms with E-state index in [0.717, 1.165) is 11.3 Å². The summed E-state index contributed by atoms with van der Waals surface area (Å²) in [5.74, 6) is 0.322. The van der Waals surface area contributed by atoms with E-state index in [1.54, 1.807) is 22.8 Å². The summed E-state index contributed by atoms with van der Waals surface area (Å²) in [5, 5.41) is 0.638. The first kappa shape index (κ1) is 27.8. The van der Waals surface area contributed by atoms with Crippen LogP contribution in [0.4, 0.5) is 0 Å². The van der Waals surface area contributed by atoms with Gasteiger partial charge in [-0.1, -0.05) is 54.6 Å². The van der Waals surface area contributed by atoms with Crippen molar-refractivity contribution in [3.8, 4) is 0 Å². The summed E-state index contributed by atoms with van der Waals surface area (Å²) in [6, 6.07) is 9.29. The largest absolute Gasteiger partial charge is 0.456 e. The van der Waals surface area contributed by atoms with Crippen LogP contribution < -0.4 is 5.56 Å². The molecule has 0 radical (unpaired) electrons. The molecule has 2 aromatic rings. The zero-order chi connectivity index (χ0) is 25.8. The van der Waals surface area contributed by atoms with Gasteiger partial charge >= 0.3 is 5.97 Å². The van der Waals surface area contributed by atoms with E-state index in [1.165, 1.54) is 32.1 Å². The number of hydrogen-bond donors (Lipinski definition) is 0. The number of esters is 1. The minimum Gasteiger partial charge on any atom is -0.456 e. The summed E-state index contributed by atoms with van der Waals surface area (Å²) < 4.78 is 7.14. The van der Waals surface area contributed by atoms with Gasteiger partial charge in [-0.2, -0.15) is 0 Å². The van der Waals surface area contributed by atoms with Crippen molar-refractivity contribution in [2.75, 3.05) is 7.05 Å². The molecule has 1 saturated carbocycles. The summed E-state index contributed by atoms with van der Waals surface area (Å²) in [5.41, 5.74) is 1.54. The third kappa shape index (κ3) is 7.58. The van der Waals surface area contributed by atoms with Crippen molar-refractivity contribution in [2.24, 2.45) is 5.92 Å². The Labute approximate surface area is 219 Å². The second-order valence-corrected chi connectivity index (χ2v) is 11.6. The van der Waals surface area contributed by atoms with Crippen LogP contribution in [0.3, 0.4) is 0 Å². The minimum atomic E-state index is -0.541. The number of carbonyl (C=O) groups is 1. The molecule has 1 aromatic heterocycles. The molecule has 0 aliphatic heterocycles. The van der Waals surface area contributed by atoms with E-state index in [9.17, 15) is 9.59 Å². The number of nitrogens with zero attached hydrogens (tertiary/aromatic N) is 2. The first-order chi connectivity index (χ1) is 16.5. The topological polar surface area (TPSA) is 51.5 Å². The smallest absolute Gasteiger partial charge is 0.338 e. The number of aromatic nitrogens is 1. The molecule has 192 valence electrons. The highest BCUT2D eigenvalue weighted by atomic mass is 35.5. The molecule has 0 saturated heterocycles. The van der Waals surface area contributed by atoms with Gasteiger partial charge in [0.05, 0.1) is 16.3 Å². The second kappa shape index (κ2) is 11.9. The summed E-state index contributed by atoms with van der Waals surface area (Å²) in [4.78, 5) is 27.6. The van der Waals surface area contributed by atoms with Crippen molar-refractivity contribution in [1.82, 2.24) is 9.47 Å². The van der Waals surface area contributed by atoms with Gasteiger partial charge in [-0.15, -0.1) is 0 Å². The van der Waals surface area contributed by atoms with Crippen LogP contribution in [-0.4, -0.2) is 34.1 Å². The highest BCUT2D eigenvalue weighted by Crippen LogP contribution is 2.30. The fraction of sp³-hybridized carbons (Fsp3) is 0.571. The van der Waals surface area contributed by atoms with Gasteiger partial charge in [0, 0.05) is 19.1 Å². The maximum atomic E-state index is 13.0. The Morgan fingerprint density at radius 1 is 1.11 bits per heavy atom. The lowest BCUT2D eigenvalue weighted by Gasteiger charge is -2.35. The van der Waals surface area contributed by atoms with Crippen LogP contribution in [0.2, 0.25) is 10.0 Å². The van der Waals surface area contributed by atoms with Crippen molar-refractivity contribution in [3.63, 3.8) is 0 Å². The number of carbonyl (C=O) groups excluding carboxylic acids is 1. The highest BCUT2D eigenvalue weighted by molar-refractivity contribution is 6.34. The van der Waals surface area contributed by atoms with Gasteiger partial charge in [-0.3, -0.25) is 9.69 Å². The minimum absolute atomic E-state index is 0.127. The quantitative estimate of drug-likeness (QED) is 0.361. The fourth-order valence-electron chi connectivity index (χ4n) is 4.78. The highest BCUT2D eigenvalue weighted by Gasteiger charge is 2.25. The van der Waals surface area contributed by atoms with E-state index in [-0.39, 0.29) is 16.6 Å². The Balaban J connectivity index is 1.74. The van der Waals surface area contributed by atoms with Crippen LogP contribution in [0.1, 0.15) is 81.4 Å². The average Bonchev–Trinajstić information content (AvgIpc) is 2.81. The number of rotatable bonds is 8. The molecule has 0 amide bonds. The van der Waals surface area contributed by atoms with Gasteiger partial charge in [0.2, 0.25) is 0 Å². The predicted octanol–water partition coefficient (Wildman–Crippen LogP) is 6.75. The molecule has 35 heavy (non-hydrogen) atoms. The summed E-state index contributed by atoms with van der Waals surface area (Å²) >= 11 is 12.8. The lowest BCUT2D eigenvalue weighted by Crippen LogP contribution is -2.38. The summed E-state index contributed by atoms with van der Waals surface area (Å²) in [7, 11) is 2.11. The number of benzene rings is 1. The van der Waals surface area contributed by atoms with Gasteiger partial charge in [0.15, 0.2) is 0 Å². The van der Waals surface area contributed by atoms with Crippen molar-refractivity contribution >= 4 is 29.2 Å². The Morgan fingerprint density at radius 2 is 1.74 bits per heavy atom. The number of halogens is 2. The van der Waals surface area contributed by atoms with Crippen molar-refractivity contribution in [1.29, 1.82) is 0 Å². The molecular weight excluding hydrogens is 483 g/mol. The first-order valence-corrected chi connectivity index (χ1v) is 13.3. The van der Waals surface area contributed by atoms with Crippen molar-refractivity contribution in [3.05, 3.63) is 67.6 Å². The van der Waals surface area contributed by atoms with Gasteiger partial charge < -0.3 is 9.30 Å². The third-order valence-electron chi connectivity index (χ3n) is 6.94. The number of hydrogen-bond acceptors (Lipinski definition) is 4. The van der Waals surface area contributed by atoms with E-state index >= 15 is 0 Å². The molecule has 1 aliphatic rings. The maximum absolute atomic E-state index is 13.0. The van der Waals surface area contributed by atoms with E-state index in [2.05, 4.69) is 18.9 Å². The third-order valence-corrected chi connectivity index (χ3v) is 7.54. The molecule has 1 heterocycles. The Hall–Kier alpha value is -1.82. The lowest BCUT2D eigenvalue weighted by molar-refractivity contribution is 0.00695. The van der Waals surface area contributed by atoms with Crippen molar-refractivity contribution in [2.45, 2.75) is 91.0 Å². The Morgan fingerprint density at radius 3 is 2.34 bits per heavy atom. The van der Waals surface area contributed by atoms with Crippen LogP contribution >= 0.6 is 23.2 Å². The van der Waals surface area contributed by atoms with Gasteiger partial charge in [0.1, 0.15) is 10.6 Å². The maximum Gasteiger partial charge on any atom is 0.338 e. The van der Waals surface area contributed by atoms with Gasteiger partial charge in [-0.05, 0) is 83.7 Å². The van der Waals surface area contributed by atoms with Crippen LogP contribution in [0.25, 0.3) is 0 Å². The molecule has 0 unspecified atom stereocenters. The SMILES string of the molecule is C[C@@H](C1CCCCC1)N(C)Cc1c(Cl)cc(Cl)c(=O)n1CCc1ccc(C(=O)OC(C)(C)C)cc1. The average molecular weight is 522 g/mol. The lowest BCUT2D eigenvalue weighted by atomic mass is 9.84. The van der Waals surface area contributed by atoms with E-state index < -0.39 is 5.60 Å². The molecule has 1 aliphatic carbocycles. The second-order valence-electron chi connectivity index (χ2n) is 10.7. The summed E-state index contributed by atoms with van der Waals surface area (Å²) in [6.45, 7) is 8.84. The molecule has 0 N–H and O–H groups in total. The van der Waals surface area contributed by atoms with Crippen LogP contribution in [-0.2, 0) is 24.2 Å². The zero-order valence-corrected chi connectivity index (χ0v) is 23.1. The van der Waals surface area contributed by atoms with Crippen LogP contribution in [0, 0.1) is 5.92 Å². The Bertz CT molecular complexity index is 1070. The van der Waals surface area contributed by atoms with Crippen LogP contribution in [0.15, 0.2) is 35.1 Å². The molecule has 0 bridgehead atoms. The van der Waals surface area contributed by atoms with Crippen molar-refractivity contribution < 1.29 is 9.53 Å². The molecule has 7 heteroatoms. The molecule has 0 spiro atoms. The van der Waals surface area contributed by atoms with Crippen LogP contribution in [0.5, 0.6) is 0 Å². The molecular formula is C28H38Cl2N2O3.